The minimum atomic E-state index is -0.0587. The maximum atomic E-state index is 11.9. The van der Waals surface area contributed by atoms with Crippen LogP contribution in [-0.2, 0) is 0 Å². The molecule has 0 bridgehead atoms. The molecular weight excluding hydrogens is 264 g/mol. The largest absolute Gasteiger partial charge is 0.397 e. The zero-order chi connectivity index (χ0) is 15.2. The number of carbonyl (C=O) groups excluding carboxylic acids is 1. The number of benzene rings is 1. The normalized spacial score (nSPS) is 18.7. The van der Waals surface area contributed by atoms with Gasteiger partial charge in [-0.1, -0.05) is 6.92 Å². The van der Waals surface area contributed by atoms with Gasteiger partial charge in [-0.05, 0) is 51.1 Å². The highest BCUT2D eigenvalue weighted by Gasteiger charge is 2.22. The molecule has 116 valence electrons. The molecule has 1 unspecified atom stereocenters. The van der Waals surface area contributed by atoms with E-state index in [0.29, 0.717) is 23.8 Å². The van der Waals surface area contributed by atoms with Gasteiger partial charge in [-0.2, -0.15) is 0 Å². The van der Waals surface area contributed by atoms with Crippen molar-refractivity contribution in [1.29, 1.82) is 0 Å². The van der Waals surface area contributed by atoms with E-state index in [4.69, 9.17) is 5.73 Å². The van der Waals surface area contributed by atoms with E-state index in [1.807, 2.05) is 13.0 Å². The lowest BCUT2D eigenvalue weighted by Gasteiger charge is -2.23. The number of nitrogen functional groups attached to an aromatic ring is 1. The Morgan fingerprint density at radius 2 is 2.24 bits per heavy atom. The number of carbonyl (C=O) groups is 1. The molecule has 1 aromatic rings. The second kappa shape index (κ2) is 7.31. The Morgan fingerprint density at radius 1 is 1.43 bits per heavy atom. The molecule has 1 aromatic carbocycles. The molecule has 0 aromatic heterocycles. The van der Waals surface area contributed by atoms with Crippen LogP contribution in [0.1, 0.15) is 37.0 Å². The van der Waals surface area contributed by atoms with Crippen molar-refractivity contribution in [2.24, 2.45) is 0 Å². The number of rotatable bonds is 6. The van der Waals surface area contributed by atoms with Crippen LogP contribution >= 0.6 is 0 Å². The van der Waals surface area contributed by atoms with E-state index in [2.05, 4.69) is 22.5 Å². The van der Waals surface area contributed by atoms with Gasteiger partial charge in [0.25, 0.3) is 5.91 Å². The van der Waals surface area contributed by atoms with Crippen LogP contribution in [0.2, 0.25) is 0 Å². The fourth-order valence-electron chi connectivity index (χ4n) is 2.88. The second-order valence-corrected chi connectivity index (χ2v) is 5.47. The van der Waals surface area contributed by atoms with E-state index < -0.39 is 0 Å². The van der Waals surface area contributed by atoms with E-state index in [1.54, 1.807) is 12.1 Å². The van der Waals surface area contributed by atoms with E-state index in [1.165, 1.54) is 19.4 Å². The number of hydrogen-bond acceptors (Lipinski definition) is 4. The highest BCUT2D eigenvalue weighted by atomic mass is 16.1. The molecule has 5 heteroatoms. The van der Waals surface area contributed by atoms with Gasteiger partial charge in [0.15, 0.2) is 0 Å². The summed E-state index contributed by atoms with van der Waals surface area (Å²) in [7, 11) is 0. The number of anilines is 2. The van der Waals surface area contributed by atoms with Crippen molar-refractivity contribution in [2.45, 2.75) is 32.7 Å². The maximum Gasteiger partial charge on any atom is 0.251 e. The monoisotopic (exact) mass is 290 g/mol. The van der Waals surface area contributed by atoms with Crippen LogP contribution in [0.3, 0.4) is 0 Å². The van der Waals surface area contributed by atoms with Gasteiger partial charge in [-0.25, -0.2) is 0 Å². The van der Waals surface area contributed by atoms with Gasteiger partial charge >= 0.3 is 0 Å². The van der Waals surface area contributed by atoms with Crippen molar-refractivity contribution in [2.75, 3.05) is 37.2 Å². The smallest absolute Gasteiger partial charge is 0.251 e. The summed E-state index contributed by atoms with van der Waals surface area (Å²) in [6.07, 6.45) is 2.48. The second-order valence-electron chi connectivity index (χ2n) is 5.47. The van der Waals surface area contributed by atoms with Crippen molar-refractivity contribution < 1.29 is 4.79 Å². The molecule has 0 radical (unpaired) electrons. The van der Waals surface area contributed by atoms with E-state index >= 15 is 0 Å². The third kappa shape index (κ3) is 3.88. The SMILES string of the molecule is CCNC(=O)c1ccc(N)c(NCC2CCCN2CC)c1. The van der Waals surface area contributed by atoms with Crippen LogP contribution in [0.25, 0.3) is 0 Å². The Labute approximate surface area is 126 Å². The van der Waals surface area contributed by atoms with Crippen molar-refractivity contribution in [1.82, 2.24) is 10.2 Å². The number of likely N-dealkylation sites (tertiary alicyclic amines) is 1. The van der Waals surface area contributed by atoms with E-state index in [9.17, 15) is 4.79 Å². The first-order chi connectivity index (χ1) is 10.2. The molecule has 5 nitrogen and oxygen atoms in total. The first-order valence-electron chi connectivity index (χ1n) is 7.81. The number of nitrogens with zero attached hydrogens (tertiary/aromatic N) is 1. The van der Waals surface area contributed by atoms with Gasteiger partial charge < -0.3 is 16.4 Å². The molecule has 1 fully saturated rings. The van der Waals surface area contributed by atoms with Crippen molar-refractivity contribution in [3.63, 3.8) is 0 Å². The summed E-state index contributed by atoms with van der Waals surface area (Å²) < 4.78 is 0. The van der Waals surface area contributed by atoms with Crippen LogP contribution in [0.15, 0.2) is 18.2 Å². The van der Waals surface area contributed by atoms with Crippen LogP contribution in [-0.4, -0.2) is 43.0 Å². The zero-order valence-electron chi connectivity index (χ0n) is 13.0. The van der Waals surface area contributed by atoms with E-state index in [-0.39, 0.29) is 5.91 Å². The molecule has 1 heterocycles. The Bertz CT molecular complexity index is 489. The van der Waals surface area contributed by atoms with Crippen molar-refractivity contribution >= 4 is 17.3 Å². The number of hydrogen-bond donors (Lipinski definition) is 3. The Kier molecular flexibility index (Phi) is 5.44. The lowest BCUT2D eigenvalue weighted by atomic mass is 10.1. The number of nitrogens with one attached hydrogen (secondary N) is 2. The van der Waals surface area contributed by atoms with Gasteiger partial charge in [0, 0.05) is 24.7 Å². The van der Waals surface area contributed by atoms with Gasteiger partial charge in [0.05, 0.1) is 11.4 Å². The zero-order valence-corrected chi connectivity index (χ0v) is 13.0. The predicted molar refractivity (Wildman–Crippen MR) is 87.6 cm³/mol. The predicted octanol–water partition coefficient (Wildman–Crippen LogP) is 1.91. The molecule has 2 rings (SSSR count). The van der Waals surface area contributed by atoms with Crippen molar-refractivity contribution in [3.8, 4) is 0 Å². The first kappa shape index (κ1) is 15.6. The fraction of sp³-hybridized carbons (Fsp3) is 0.562. The molecule has 1 atom stereocenters. The Hall–Kier alpha value is -1.75. The number of likely N-dealkylation sites (N-methyl/N-ethyl adjacent to an activating group) is 1. The average molecular weight is 290 g/mol. The van der Waals surface area contributed by atoms with Crippen LogP contribution in [0, 0.1) is 0 Å². The summed E-state index contributed by atoms with van der Waals surface area (Å²) in [5, 5.41) is 6.22. The number of nitrogens with two attached hydrogens (primary N) is 1. The first-order valence-corrected chi connectivity index (χ1v) is 7.81. The third-order valence-corrected chi connectivity index (χ3v) is 4.09. The lowest BCUT2D eigenvalue weighted by molar-refractivity contribution is 0.0956. The molecule has 0 aliphatic carbocycles. The topological polar surface area (TPSA) is 70.4 Å². The van der Waals surface area contributed by atoms with Gasteiger partial charge in [-0.15, -0.1) is 0 Å². The molecule has 1 aliphatic heterocycles. The molecule has 1 saturated heterocycles. The minimum Gasteiger partial charge on any atom is -0.397 e. The fourth-order valence-corrected chi connectivity index (χ4v) is 2.88. The highest BCUT2D eigenvalue weighted by molar-refractivity contribution is 5.96. The third-order valence-electron chi connectivity index (χ3n) is 4.09. The molecular formula is C16H26N4O. The molecule has 0 saturated carbocycles. The summed E-state index contributed by atoms with van der Waals surface area (Å²) in [5.41, 5.74) is 8.19. The summed E-state index contributed by atoms with van der Waals surface area (Å²) in [6.45, 7) is 7.87. The Balaban J connectivity index is 2.02. The molecule has 1 amide bonds. The molecule has 4 N–H and O–H groups in total. The summed E-state index contributed by atoms with van der Waals surface area (Å²) >= 11 is 0. The van der Waals surface area contributed by atoms with Crippen LogP contribution < -0.4 is 16.4 Å². The van der Waals surface area contributed by atoms with Gasteiger partial charge in [0.1, 0.15) is 0 Å². The summed E-state index contributed by atoms with van der Waals surface area (Å²) in [6, 6.07) is 5.95. The van der Waals surface area contributed by atoms with E-state index in [0.717, 1.165) is 18.8 Å². The molecule has 0 spiro atoms. The lowest BCUT2D eigenvalue weighted by Crippen LogP contribution is -2.34. The minimum absolute atomic E-state index is 0.0587. The van der Waals surface area contributed by atoms with Crippen molar-refractivity contribution in [3.05, 3.63) is 23.8 Å². The summed E-state index contributed by atoms with van der Waals surface area (Å²) in [5.74, 6) is -0.0587. The van der Waals surface area contributed by atoms with Crippen LogP contribution in [0.4, 0.5) is 11.4 Å². The summed E-state index contributed by atoms with van der Waals surface area (Å²) in [4.78, 5) is 14.4. The standard InChI is InChI=1S/C16H26N4O/c1-3-18-16(21)12-7-8-14(17)15(10-12)19-11-13-6-5-9-20(13)4-2/h7-8,10,13,19H,3-6,9,11,17H2,1-2H3,(H,18,21). The van der Waals surface area contributed by atoms with Crippen LogP contribution in [0.5, 0.6) is 0 Å². The Morgan fingerprint density at radius 3 is 2.95 bits per heavy atom. The van der Waals surface area contributed by atoms with Gasteiger partial charge in [-0.3, -0.25) is 9.69 Å². The quantitative estimate of drug-likeness (QED) is 0.700. The number of amides is 1. The molecule has 21 heavy (non-hydrogen) atoms. The molecule has 1 aliphatic rings. The highest BCUT2D eigenvalue weighted by Crippen LogP contribution is 2.22. The average Bonchev–Trinajstić information content (AvgIpc) is 2.94. The van der Waals surface area contributed by atoms with Gasteiger partial charge in [0.2, 0.25) is 0 Å². The maximum absolute atomic E-state index is 11.9.